The number of halogens is 1. The van der Waals surface area contributed by atoms with Gasteiger partial charge in [0.25, 0.3) is 0 Å². The standard InChI is InChI=1S/C17H23FN4S/c1-21(2)15-10-12(11-15)17-19-16(8-9-23-3)20-22(17)14-6-4-13(18)5-7-14/h4-7,12,15H,8-11H2,1-3H3. The van der Waals surface area contributed by atoms with E-state index in [-0.39, 0.29) is 5.82 Å². The highest BCUT2D eigenvalue weighted by Crippen LogP contribution is 2.38. The number of rotatable bonds is 6. The Morgan fingerprint density at radius 1 is 1.26 bits per heavy atom. The van der Waals surface area contributed by atoms with E-state index in [2.05, 4.69) is 30.3 Å². The first-order chi connectivity index (χ1) is 11.1. The summed E-state index contributed by atoms with van der Waals surface area (Å²) in [5.41, 5.74) is 0.887. The summed E-state index contributed by atoms with van der Waals surface area (Å²) in [5, 5.41) is 4.68. The molecule has 0 spiro atoms. The van der Waals surface area contributed by atoms with E-state index in [1.165, 1.54) is 12.1 Å². The van der Waals surface area contributed by atoms with Crippen molar-refractivity contribution < 1.29 is 4.39 Å². The number of aromatic nitrogens is 3. The van der Waals surface area contributed by atoms with Crippen LogP contribution in [0.25, 0.3) is 5.69 Å². The molecule has 4 nitrogen and oxygen atoms in total. The zero-order chi connectivity index (χ0) is 16.4. The van der Waals surface area contributed by atoms with Gasteiger partial charge >= 0.3 is 0 Å². The second-order valence-corrected chi connectivity index (χ2v) is 7.29. The molecule has 0 saturated heterocycles. The number of aryl methyl sites for hydroxylation is 1. The molecule has 0 amide bonds. The van der Waals surface area contributed by atoms with E-state index in [0.29, 0.717) is 12.0 Å². The highest BCUT2D eigenvalue weighted by Gasteiger charge is 2.35. The monoisotopic (exact) mass is 334 g/mol. The molecule has 23 heavy (non-hydrogen) atoms. The van der Waals surface area contributed by atoms with E-state index in [1.807, 2.05) is 4.68 Å². The van der Waals surface area contributed by atoms with E-state index < -0.39 is 0 Å². The molecule has 3 rings (SSSR count). The highest BCUT2D eigenvalue weighted by molar-refractivity contribution is 7.98. The lowest BCUT2D eigenvalue weighted by Gasteiger charge is -2.39. The Kier molecular flexibility index (Phi) is 5.02. The van der Waals surface area contributed by atoms with Gasteiger partial charge in [-0.05, 0) is 57.5 Å². The Morgan fingerprint density at radius 3 is 2.57 bits per heavy atom. The maximum atomic E-state index is 13.2. The van der Waals surface area contributed by atoms with Crippen LogP contribution >= 0.6 is 11.8 Å². The third kappa shape index (κ3) is 3.58. The third-order valence-electron chi connectivity index (χ3n) is 4.49. The lowest BCUT2D eigenvalue weighted by molar-refractivity contribution is 0.160. The summed E-state index contributed by atoms with van der Waals surface area (Å²) in [6.07, 6.45) is 5.17. The van der Waals surface area contributed by atoms with E-state index in [9.17, 15) is 4.39 Å². The SMILES string of the molecule is CSCCc1nc(C2CC(N(C)C)C2)n(-c2ccc(F)cc2)n1. The molecule has 6 heteroatoms. The lowest BCUT2D eigenvalue weighted by Crippen LogP contribution is -2.40. The number of thioether (sulfide) groups is 1. The maximum Gasteiger partial charge on any atom is 0.152 e. The Bertz CT molecular complexity index is 647. The van der Waals surface area contributed by atoms with Crippen molar-refractivity contribution in [3.8, 4) is 5.69 Å². The second-order valence-electron chi connectivity index (χ2n) is 6.30. The quantitative estimate of drug-likeness (QED) is 0.813. The van der Waals surface area contributed by atoms with Gasteiger partial charge in [-0.25, -0.2) is 14.1 Å². The molecular formula is C17H23FN4S. The molecule has 0 aliphatic heterocycles. The van der Waals surface area contributed by atoms with Gasteiger partial charge < -0.3 is 4.90 Å². The van der Waals surface area contributed by atoms with Gasteiger partial charge in [-0.15, -0.1) is 0 Å². The Morgan fingerprint density at radius 2 is 1.96 bits per heavy atom. The van der Waals surface area contributed by atoms with Crippen LogP contribution in [-0.2, 0) is 6.42 Å². The summed E-state index contributed by atoms with van der Waals surface area (Å²) in [4.78, 5) is 7.06. The van der Waals surface area contributed by atoms with Crippen LogP contribution in [0.5, 0.6) is 0 Å². The smallest absolute Gasteiger partial charge is 0.152 e. The Hall–Kier alpha value is -1.40. The molecule has 2 aromatic rings. The average molecular weight is 334 g/mol. The molecule has 1 aromatic carbocycles. The van der Waals surface area contributed by atoms with Gasteiger partial charge in [0.05, 0.1) is 5.69 Å². The van der Waals surface area contributed by atoms with Crippen molar-refractivity contribution >= 4 is 11.8 Å². The summed E-state index contributed by atoms with van der Waals surface area (Å²) < 4.78 is 15.1. The van der Waals surface area contributed by atoms with Crippen LogP contribution in [0.15, 0.2) is 24.3 Å². The summed E-state index contributed by atoms with van der Waals surface area (Å²) in [5.74, 6) is 3.12. The van der Waals surface area contributed by atoms with Crippen molar-refractivity contribution in [2.24, 2.45) is 0 Å². The molecule has 124 valence electrons. The largest absolute Gasteiger partial charge is 0.306 e. The normalized spacial score (nSPS) is 20.7. The molecule has 0 unspecified atom stereocenters. The van der Waals surface area contributed by atoms with Crippen molar-refractivity contribution in [1.82, 2.24) is 19.7 Å². The van der Waals surface area contributed by atoms with Gasteiger partial charge in [0.2, 0.25) is 0 Å². The molecule has 1 aliphatic rings. The lowest BCUT2D eigenvalue weighted by atomic mass is 9.79. The zero-order valence-corrected chi connectivity index (χ0v) is 14.7. The highest BCUT2D eigenvalue weighted by atomic mass is 32.2. The number of benzene rings is 1. The summed E-state index contributed by atoms with van der Waals surface area (Å²) in [6, 6.07) is 7.12. The Labute approximate surface area is 141 Å². The number of hydrogen-bond acceptors (Lipinski definition) is 4. The number of nitrogens with zero attached hydrogens (tertiary/aromatic N) is 4. The predicted molar refractivity (Wildman–Crippen MR) is 92.9 cm³/mol. The molecule has 1 fully saturated rings. The van der Waals surface area contributed by atoms with Crippen molar-refractivity contribution in [3.05, 3.63) is 41.7 Å². The van der Waals surface area contributed by atoms with Crippen LogP contribution in [0.2, 0.25) is 0 Å². The summed E-state index contributed by atoms with van der Waals surface area (Å²) in [6.45, 7) is 0. The summed E-state index contributed by atoms with van der Waals surface area (Å²) >= 11 is 1.80. The fourth-order valence-corrected chi connectivity index (χ4v) is 3.31. The van der Waals surface area contributed by atoms with Gasteiger partial charge in [-0.1, -0.05) is 0 Å². The van der Waals surface area contributed by atoms with Crippen LogP contribution in [0.3, 0.4) is 0 Å². The van der Waals surface area contributed by atoms with Gasteiger partial charge in [0, 0.05) is 24.1 Å². The molecule has 0 bridgehead atoms. The first-order valence-electron chi connectivity index (χ1n) is 7.95. The van der Waals surface area contributed by atoms with E-state index >= 15 is 0 Å². The topological polar surface area (TPSA) is 34.0 Å². The molecule has 1 heterocycles. The molecule has 0 N–H and O–H groups in total. The third-order valence-corrected chi connectivity index (χ3v) is 5.10. The fourth-order valence-electron chi connectivity index (χ4n) is 2.92. The molecule has 0 atom stereocenters. The first kappa shape index (κ1) is 16.5. The number of hydrogen-bond donors (Lipinski definition) is 0. The van der Waals surface area contributed by atoms with Crippen molar-refractivity contribution in [3.63, 3.8) is 0 Å². The van der Waals surface area contributed by atoms with E-state index in [4.69, 9.17) is 4.98 Å². The average Bonchev–Trinajstić information content (AvgIpc) is 2.88. The Balaban J connectivity index is 1.87. The van der Waals surface area contributed by atoms with Gasteiger partial charge in [-0.3, -0.25) is 0 Å². The molecule has 1 aromatic heterocycles. The van der Waals surface area contributed by atoms with Gasteiger partial charge in [0.1, 0.15) is 11.6 Å². The fraction of sp³-hybridized carbons (Fsp3) is 0.529. The minimum Gasteiger partial charge on any atom is -0.306 e. The van der Waals surface area contributed by atoms with Crippen LogP contribution in [0.4, 0.5) is 4.39 Å². The van der Waals surface area contributed by atoms with Gasteiger partial charge in [-0.2, -0.15) is 16.9 Å². The van der Waals surface area contributed by atoms with Crippen LogP contribution in [0, 0.1) is 5.82 Å². The molecule has 0 radical (unpaired) electrons. The minimum atomic E-state index is -0.227. The summed E-state index contributed by atoms with van der Waals surface area (Å²) in [7, 11) is 4.24. The maximum absolute atomic E-state index is 13.2. The van der Waals surface area contributed by atoms with Crippen molar-refractivity contribution in [2.45, 2.75) is 31.2 Å². The van der Waals surface area contributed by atoms with E-state index in [1.54, 1.807) is 23.9 Å². The van der Waals surface area contributed by atoms with Gasteiger partial charge in [0.15, 0.2) is 5.82 Å². The molecule has 1 aliphatic carbocycles. The van der Waals surface area contributed by atoms with Crippen molar-refractivity contribution in [1.29, 1.82) is 0 Å². The predicted octanol–water partition coefficient (Wildman–Crippen LogP) is 3.12. The van der Waals surface area contributed by atoms with Crippen LogP contribution in [-0.4, -0.2) is 51.8 Å². The van der Waals surface area contributed by atoms with Crippen molar-refractivity contribution in [2.75, 3.05) is 26.1 Å². The van der Waals surface area contributed by atoms with Crippen LogP contribution in [0.1, 0.15) is 30.4 Å². The minimum absolute atomic E-state index is 0.227. The van der Waals surface area contributed by atoms with E-state index in [0.717, 1.165) is 42.4 Å². The zero-order valence-electron chi connectivity index (χ0n) is 13.9. The van der Waals surface area contributed by atoms with Crippen LogP contribution < -0.4 is 0 Å². The molecular weight excluding hydrogens is 311 g/mol. The molecule has 1 saturated carbocycles. The second kappa shape index (κ2) is 7.01. The first-order valence-corrected chi connectivity index (χ1v) is 9.35.